The van der Waals surface area contributed by atoms with Crippen LogP contribution in [0.3, 0.4) is 0 Å². The zero-order valence-electron chi connectivity index (χ0n) is 15.8. The van der Waals surface area contributed by atoms with Crippen molar-refractivity contribution in [2.24, 2.45) is 0 Å². The molecule has 14 heteroatoms. The molecule has 31 heavy (non-hydrogen) atoms. The van der Waals surface area contributed by atoms with Crippen LogP contribution in [0.5, 0.6) is 0 Å². The number of anilines is 1. The standard InChI is InChI=1S/C17H16F3N3O7S/c1-8-14(16-5-4-10(30-16)7-13(16)31(27,28)22-8)29-15(24)21-11-3-2-9(17(18,19)20)6-12(11)23(25)26/h2-6,8,10,13-14,22H,7H2,1H3,(H,21,24)/t8-,10-,13-,14-,16+/m0/s1. The van der Waals surface area contributed by atoms with Gasteiger partial charge in [-0.1, -0.05) is 6.08 Å². The number of hydrogen-bond acceptors (Lipinski definition) is 7. The van der Waals surface area contributed by atoms with Gasteiger partial charge in [0.15, 0.2) is 6.10 Å². The Morgan fingerprint density at radius 1 is 1.42 bits per heavy atom. The molecule has 1 amide bonds. The average molecular weight is 463 g/mol. The summed E-state index contributed by atoms with van der Waals surface area (Å²) in [6.45, 7) is 1.46. The molecule has 168 valence electrons. The monoisotopic (exact) mass is 463 g/mol. The number of nitrogens with one attached hydrogen (secondary N) is 2. The highest BCUT2D eigenvalue weighted by Gasteiger charge is 2.65. The van der Waals surface area contributed by atoms with E-state index in [4.69, 9.17) is 9.47 Å². The largest absolute Gasteiger partial charge is 0.441 e. The first-order valence-electron chi connectivity index (χ1n) is 9.05. The van der Waals surface area contributed by atoms with Crippen molar-refractivity contribution in [2.45, 2.75) is 48.6 Å². The minimum Gasteiger partial charge on any atom is -0.441 e. The molecule has 0 aromatic heterocycles. The summed E-state index contributed by atoms with van der Waals surface area (Å²) in [7, 11) is -3.75. The van der Waals surface area contributed by atoms with Crippen molar-refractivity contribution in [1.82, 2.24) is 4.72 Å². The van der Waals surface area contributed by atoms with Crippen molar-refractivity contribution < 1.29 is 40.8 Å². The van der Waals surface area contributed by atoms with Gasteiger partial charge in [0, 0.05) is 6.07 Å². The predicted octanol–water partition coefficient (Wildman–Crippen LogP) is 2.32. The number of hydrogen-bond donors (Lipinski definition) is 2. The minimum atomic E-state index is -4.81. The van der Waals surface area contributed by atoms with Crippen molar-refractivity contribution in [3.8, 4) is 0 Å². The van der Waals surface area contributed by atoms with Crippen LogP contribution in [-0.2, 0) is 25.7 Å². The van der Waals surface area contributed by atoms with Gasteiger partial charge in [-0.3, -0.25) is 15.4 Å². The Morgan fingerprint density at radius 3 is 2.74 bits per heavy atom. The highest BCUT2D eigenvalue weighted by Crippen LogP contribution is 2.48. The number of benzene rings is 1. The third kappa shape index (κ3) is 3.53. The van der Waals surface area contributed by atoms with Crippen LogP contribution in [0.4, 0.5) is 29.3 Å². The second-order valence-corrected chi connectivity index (χ2v) is 9.38. The van der Waals surface area contributed by atoms with Crippen LogP contribution >= 0.6 is 0 Å². The molecule has 1 spiro atoms. The normalized spacial score (nSPS) is 33.0. The van der Waals surface area contributed by atoms with Crippen LogP contribution in [0, 0.1) is 10.1 Å². The molecule has 5 atom stereocenters. The van der Waals surface area contributed by atoms with Crippen molar-refractivity contribution in [1.29, 1.82) is 0 Å². The van der Waals surface area contributed by atoms with E-state index in [1.165, 1.54) is 13.0 Å². The molecular formula is C17H16F3N3O7S. The number of fused-ring (bicyclic) bond motifs is 1. The highest BCUT2D eigenvalue weighted by atomic mass is 32.2. The van der Waals surface area contributed by atoms with Gasteiger partial charge in [0.1, 0.15) is 16.5 Å². The number of nitrogens with zero attached hydrogens (tertiary/aromatic N) is 1. The zero-order chi connectivity index (χ0) is 22.8. The SMILES string of the molecule is C[C@@H]1NS(=O)(=O)[C@H]2C[C@@H]3C=C[C@]2(O3)[C@H]1OC(=O)Nc1ccc(C(F)(F)F)cc1[N+](=O)[O-]. The van der Waals surface area contributed by atoms with Gasteiger partial charge in [-0.15, -0.1) is 0 Å². The predicted molar refractivity (Wildman–Crippen MR) is 98.7 cm³/mol. The molecule has 2 fully saturated rings. The molecule has 1 aromatic rings. The van der Waals surface area contributed by atoms with E-state index in [1.54, 1.807) is 6.08 Å². The van der Waals surface area contributed by atoms with Crippen LogP contribution in [0.25, 0.3) is 0 Å². The number of amides is 1. The second kappa shape index (κ2) is 6.90. The van der Waals surface area contributed by atoms with Gasteiger partial charge in [0.2, 0.25) is 10.0 Å². The maximum atomic E-state index is 12.8. The number of halogens is 3. The fourth-order valence-corrected chi connectivity index (χ4v) is 6.23. The quantitative estimate of drug-likeness (QED) is 0.399. The van der Waals surface area contributed by atoms with E-state index >= 15 is 0 Å². The third-order valence-corrected chi connectivity index (χ3v) is 7.50. The molecule has 2 N–H and O–H groups in total. The number of sulfonamides is 1. The molecule has 2 saturated heterocycles. The van der Waals surface area contributed by atoms with E-state index in [0.29, 0.717) is 12.1 Å². The first-order chi connectivity index (χ1) is 14.3. The second-order valence-electron chi connectivity index (χ2n) is 7.48. The Balaban J connectivity index is 1.58. The minimum absolute atomic E-state index is 0.171. The lowest BCUT2D eigenvalue weighted by Gasteiger charge is -2.44. The summed E-state index contributed by atoms with van der Waals surface area (Å²) < 4.78 is 77.0. The summed E-state index contributed by atoms with van der Waals surface area (Å²) in [5.74, 6) is 0. The Labute approximate surface area is 173 Å². The summed E-state index contributed by atoms with van der Waals surface area (Å²) in [6, 6.07) is 0.732. The molecule has 0 unspecified atom stereocenters. The summed E-state index contributed by atoms with van der Waals surface area (Å²) in [4.78, 5) is 22.6. The molecule has 0 saturated carbocycles. The number of nitro benzene ring substituents is 1. The summed E-state index contributed by atoms with van der Waals surface area (Å²) in [5.41, 5.74) is -4.15. The van der Waals surface area contributed by atoms with Crippen LogP contribution in [0.2, 0.25) is 0 Å². The van der Waals surface area contributed by atoms with Crippen LogP contribution in [0.1, 0.15) is 18.9 Å². The van der Waals surface area contributed by atoms with Crippen LogP contribution in [-0.4, -0.2) is 48.5 Å². The lowest BCUT2D eigenvalue weighted by Crippen LogP contribution is -2.67. The van der Waals surface area contributed by atoms with Crippen molar-refractivity contribution in [3.63, 3.8) is 0 Å². The van der Waals surface area contributed by atoms with Crippen molar-refractivity contribution in [2.75, 3.05) is 5.32 Å². The smallest absolute Gasteiger partial charge is 0.416 e. The van der Waals surface area contributed by atoms with Gasteiger partial charge in [-0.05, 0) is 31.6 Å². The Kier molecular flexibility index (Phi) is 4.79. The van der Waals surface area contributed by atoms with Crippen LogP contribution in [0.15, 0.2) is 30.4 Å². The van der Waals surface area contributed by atoms with Gasteiger partial charge in [-0.25, -0.2) is 17.9 Å². The fourth-order valence-electron chi connectivity index (χ4n) is 4.23. The molecule has 2 bridgehead atoms. The molecule has 4 rings (SSSR count). The van der Waals surface area contributed by atoms with E-state index in [1.807, 2.05) is 0 Å². The van der Waals surface area contributed by atoms with Gasteiger partial charge >= 0.3 is 12.3 Å². The highest BCUT2D eigenvalue weighted by molar-refractivity contribution is 7.90. The molecule has 0 aliphatic carbocycles. The molecule has 3 aliphatic heterocycles. The maximum Gasteiger partial charge on any atom is 0.416 e. The number of carbonyl (C=O) groups is 1. The molecule has 3 heterocycles. The van der Waals surface area contributed by atoms with E-state index in [9.17, 15) is 36.5 Å². The van der Waals surface area contributed by atoms with Gasteiger partial charge < -0.3 is 9.47 Å². The Hall–Kier alpha value is -2.71. The first-order valence-corrected chi connectivity index (χ1v) is 10.6. The van der Waals surface area contributed by atoms with Gasteiger partial charge in [0.05, 0.1) is 22.6 Å². The number of carbonyl (C=O) groups excluding carboxylic acids is 1. The van der Waals surface area contributed by atoms with E-state index in [2.05, 4.69) is 10.0 Å². The van der Waals surface area contributed by atoms with E-state index in [-0.39, 0.29) is 6.42 Å². The Bertz CT molecular complexity index is 1090. The zero-order valence-corrected chi connectivity index (χ0v) is 16.6. The van der Waals surface area contributed by atoms with E-state index in [0.717, 1.165) is 6.07 Å². The topological polar surface area (TPSA) is 137 Å². The molecule has 1 aromatic carbocycles. The maximum absolute atomic E-state index is 12.8. The van der Waals surface area contributed by atoms with Gasteiger partial charge in [-0.2, -0.15) is 13.2 Å². The number of ether oxygens (including phenoxy) is 2. The third-order valence-electron chi connectivity index (χ3n) is 5.49. The average Bonchev–Trinajstić information content (AvgIpc) is 3.24. The van der Waals surface area contributed by atoms with Crippen molar-refractivity contribution >= 4 is 27.5 Å². The lowest BCUT2D eigenvalue weighted by molar-refractivity contribution is -0.384. The lowest BCUT2D eigenvalue weighted by atomic mass is 9.85. The summed E-state index contributed by atoms with van der Waals surface area (Å²) in [6.07, 6.45) is -4.22. The number of rotatable bonds is 3. The summed E-state index contributed by atoms with van der Waals surface area (Å²) >= 11 is 0. The van der Waals surface area contributed by atoms with Crippen molar-refractivity contribution in [3.05, 3.63) is 46.0 Å². The van der Waals surface area contributed by atoms with Crippen LogP contribution < -0.4 is 10.0 Å². The molecule has 0 radical (unpaired) electrons. The van der Waals surface area contributed by atoms with Gasteiger partial charge in [0.25, 0.3) is 5.69 Å². The fraction of sp³-hybridized carbons (Fsp3) is 0.471. The molecule has 3 aliphatic rings. The first kappa shape index (κ1) is 21.5. The molecule has 10 nitrogen and oxygen atoms in total. The number of nitro groups is 1. The van der Waals surface area contributed by atoms with E-state index < -0.39 is 73.3 Å². The molecular weight excluding hydrogens is 447 g/mol. The number of alkyl halides is 3. The Morgan fingerprint density at radius 2 is 2.13 bits per heavy atom. The summed E-state index contributed by atoms with van der Waals surface area (Å²) in [5, 5.41) is 12.3.